The minimum absolute atomic E-state index is 0.216. The van der Waals surface area contributed by atoms with Gasteiger partial charge in [0.2, 0.25) is 0 Å². The van der Waals surface area contributed by atoms with Crippen LogP contribution in [0, 0.1) is 12.3 Å². The minimum Gasteiger partial charge on any atom is -0.377 e. The van der Waals surface area contributed by atoms with Crippen LogP contribution in [-0.4, -0.2) is 24.3 Å². The molecule has 2 atom stereocenters. The van der Waals surface area contributed by atoms with Gasteiger partial charge in [-0.1, -0.05) is 5.92 Å². The molecule has 0 saturated carbocycles. The maximum atomic E-state index is 5.42. The zero-order valence-electron chi connectivity index (χ0n) is 8.05. The molecule has 1 rings (SSSR count). The summed E-state index contributed by atoms with van der Waals surface area (Å²) >= 11 is 0. The van der Waals surface area contributed by atoms with E-state index in [1.807, 2.05) is 13.8 Å². The van der Waals surface area contributed by atoms with Crippen LogP contribution in [0.5, 0.6) is 0 Å². The van der Waals surface area contributed by atoms with Crippen molar-refractivity contribution in [2.24, 2.45) is 0 Å². The predicted molar refractivity (Wildman–Crippen MR) is 49.9 cm³/mol. The Morgan fingerprint density at radius 3 is 2.67 bits per heavy atom. The van der Waals surface area contributed by atoms with E-state index in [0.29, 0.717) is 6.04 Å². The SMILES string of the molecule is C#CC(C)(C)NC1CCOC1C. The molecule has 0 bridgehead atoms. The summed E-state index contributed by atoms with van der Waals surface area (Å²) < 4.78 is 5.42. The first-order chi connectivity index (χ1) is 5.55. The average Bonchev–Trinajstić information content (AvgIpc) is 2.36. The summed E-state index contributed by atoms with van der Waals surface area (Å²) in [7, 11) is 0. The highest BCUT2D eigenvalue weighted by Gasteiger charge is 2.28. The van der Waals surface area contributed by atoms with Crippen molar-refractivity contribution in [1.82, 2.24) is 5.32 Å². The van der Waals surface area contributed by atoms with Crippen LogP contribution in [0.25, 0.3) is 0 Å². The summed E-state index contributed by atoms with van der Waals surface area (Å²) in [4.78, 5) is 0. The van der Waals surface area contributed by atoms with Crippen LogP contribution < -0.4 is 5.32 Å². The molecule has 2 unspecified atom stereocenters. The van der Waals surface area contributed by atoms with Gasteiger partial charge in [0.1, 0.15) is 0 Å². The second kappa shape index (κ2) is 3.47. The Bertz CT molecular complexity index is 193. The fraction of sp³-hybridized carbons (Fsp3) is 0.800. The van der Waals surface area contributed by atoms with Crippen molar-refractivity contribution in [2.45, 2.75) is 44.9 Å². The number of rotatable bonds is 2. The first-order valence-corrected chi connectivity index (χ1v) is 4.42. The Hall–Kier alpha value is -0.520. The van der Waals surface area contributed by atoms with Gasteiger partial charge in [0, 0.05) is 12.6 Å². The van der Waals surface area contributed by atoms with Gasteiger partial charge in [0.15, 0.2) is 0 Å². The first-order valence-electron chi connectivity index (χ1n) is 4.42. The molecule has 1 N–H and O–H groups in total. The lowest BCUT2D eigenvalue weighted by atomic mass is 10.0. The lowest BCUT2D eigenvalue weighted by Gasteiger charge is -2.26. The van der Waals surface area contributed by atoms with Crippen molar-refractivity contribution in [3.63, 3.8) is 0 Å². The third-order valence-electron chi connectivity index (χ3n) is 2.28. The molecule has 0 radical (unpaired) electrons. The van der Waals surface area contributed by atoms with Gasteiger partial charge in [-0.15, -0.1) is 6.42 Å². The molecule has 1 heterocycles. The van der Waals surface area contributed by atoms with Gasteiger partial charge in [-0.2, -0.15) is 0 Å². The lowest BCUT2D eigenvalue weighted by molar-refractivity contribution is 0.109. The number of hydrogen-bond acceptors (Lipinski definition) is 2. The maximum Gasteiger partial charge on any atom is 0.0744 e. The van der Waals surface area contributed by atoms with Gasteiger partial charge in [-0.05, 0) is 27.2 Å². The fourth-order valence-corrected chi connectivity index (χ4v) is 1.43. The third-order valence-corrected chi connectivity index (χ3v) is 2.28. The summed E-state index contributed by atoms with van der Waals surface area (Å²) in [6.07, 6.45) is 6.73. The highest BCUT2D eigenvalue weighted by Crippen LogP contribution is 2.15. The van der Waals surface area contributed by atoms with Crippen molar-refractivity contribution >= 4 is 0 Å². The van der Waals surface area contributed by atoms with Gasteiger partial charge in [-0.3, -0.25) is 5.32 Å². The Balaban J connectivity index is 2.46. The van der Waals surface area contributed by atoms with Crippen LogP contribution in [0.15, 0.2) is 0 Å². The highest BCUT2D eigenvalue weighted by molar-refractivity contribution is 5.09. The van der Waals surface area contributed by atoms with Crippen molar-refractivity contribution in [2.75, 3.05) is 6.61 Å². The molecule has 1 aliphatic heterocycles. The van der Waals surface area contributed by atoms with Crippen molar-refractivity contribution in [1.29, 1.82) is 0 Å². The van der Waals surface area contributed by atoms with Crippen LogP contribution in [0.3, 0.4) is 0 Å². The summed E-state index contributed by atoms with van der Waals surface area (Å²) in [6, 6.07) is 0.413. The average molecular weight is 167 g/mol. The first kappa shape index (κ1) is 9.57. The van der Waals surface area contributed by atoms with E-state index in [4.69, 9.17) is 11.2 Å². The molecule has 0 aromatic rings. The standard InChI is InChI=1S/C10H17NO/c1-5-10(3,4)11-9-6-7-12-8(9)2/h1,8-9,11H,6-7H2,2-4H3. The molecule has 0 aromatic heterocycles. The Kier molecular flexibility index (Phi) is 2.76. The minimum atomic E-state index is -0.216. The molecular weight excluding hydrogens is 150 g/mol. The summed E-state index contributed by atoms with van der Waals surface area (Å²) in [5, 5.41) is 3.39. The summed E-state index contributed by atoms with van der Waals surface area (Å²) in [6.45, 7) is 6.95. The molecule has 2 nitrogen and oxygen atoms in total. The van der Waals surface area contributed by atoms with Crippen LogP contribution in [0.4, 0.5) is 0 Å². The Morgan fingerprint density at radius 1 is 1.58 bits per heavy atom. The number of hydrogen-bond donors (Lipinski definition) is 1. The second-order valence-corrected chi connectivity index (χ2v) is 3.88. The van der Waals surface area contributed by atoms with Gasteiger partial charge >= 0.3 is 0 Å². The Morgan fingerprint density at radius 2 is 2.25 bits per heavy atom. The quantitative estimate of drug-likeness (QED) is 0.623. The van der Waals surface area contributed by atoms with E-state index in [0.717, 1.165) is 13.0 Å². The van der Waals surface area contributed by atoms with E-state index in [-0.39, 0.29) is 11.6 Å². The fourth-order valence-electron chi connectivity index (χ4n) is 1.43. The monoisotopic (exact) mass is 167 g/mol. The maximum absolute atomic E-state index is 5.42. The normalized spacial score (nSPS) is 30.2. The smallest absolute Gasteiger partial charge is 0.0744 e. The summed E-state index contributed by atoms with van der Waals surface area (Å²) in [5.41, 5.74) is -0.216. The largest absolute Gasteiger partial charge is 0.377 e. The van der Waals surface area contributed by atoms with E-state index in [1.165, 1.54) is 0 Å². The van der Waals surface area contributed by atoms with Gasteiger partial charge in [0.25, 0.3) is 0 Å². The van der Waals surface area contributed by atoms with E-state index >= 15 is 0 Å². The van der Waals surface area contributed by atoms with Crippen LogP contribution >= 0.6 is 0 Å². The van der Waals surface area contributed by atoms with E-state index in [1.54, 1.807) is 0 Å². The molecule has 68 valence electrons. The molecule has 0 spiro atoms. The van der Waals surface area contributed by atoms with E-state index in [9.17, 15) is 0 Å². The molecule has 1 fully saturated rings. The topological polar surface area (TPSA) is 21.3 Å². The number of terminal acetylenes is 1. The number of ether oxygens (including phenoxy) is 1. The van der Waals surface area contributed by atoms with Gasteiger partial charge in [0.05, 0.1) is 11.6 Å². The molecule has 0 amide bonds. The lowest BCUT2D eigenvalue weighted by Crippen LogP contribution is -2.47. The van der Waals surface area contributed by atoms with Crippen LogP contribution in [0.1, 0.15) is 27.2 Å². The number of nitrogens with one attached hydrogen (secondary N) is 1. The molecule has 12 heavy (non-hydrogen) atoms. The van der Waals surface area contributed by atoms with E-state index in [2.05, 4.69) is 18.2 Å². The summed E-state index contributed by atoms with van der Waals surface area (Å²) in [5.74, 6) is 2.72. The van der Waals surface area contributed by atoms with Gasteiger partial charge in [-0.25, -0.2) is 0 Å². The molecule has 0 aromatic carbocycles. The van der Waals surface area contributed by atoms with Crippen LogP contribution in [-0.2, 0) is 4.74 Å². The zero-order valence-corrected chi connectivity index (χ0v) is 8.05. The molecule has 1 saturated heterocycles. The predicted octanol–water partition coefficient (Wildman–Crippen LogP) is 1.17. The van der Waals surface area contributed by atoms with Crippen molar-refractivity contribution < 1.29 is 4.74 Å². The van der Waals surface area contributed by atoms with Crippen LogP contribution in [0.2, 0.25) is 0 Å². The third kappa shape index (κ3) is 2.23. The highest BCUT2D eigenvalue weighted by atomic mass is 16.5. The molecular formula is C10H17NO. The van der Waals surface area contributed by atoms with E-state index < -0.39 is 0 Å². The van der Waals surface area contributed by atoms with Gasteiger partial charge < -0.3 is 4.74 Å². The molecule has 0 aliphatic carbocycles. The molecule has 2 heteroatoms. The Labute approximate surface area is 74.7 Å². The van der Waals surface area contributed by atoms with Crippen molar-refractivity contribution in [3.05, 3.63) is 0 Å². The zero-order chi connectivity index (χ0) is 9.19. The molecule has 1 aliphatic rings. The van der Waals surface area contributed by atoms with Crippen molar-refractivity contribution in [3.8, 4) is 12.3 Å². The second-order valence-electron chi connectivity index (χ2n) is 3.88.